The molecule has 0 aromatic rings. The third-order valence-corrected chi connectivity index (χ3v) is 24.4. The maximum atomic E-state index is 10.3. The van der Waals surface area contributed by atoms with Gasteiger partial charge in [-0.3, -0.25) is 0 Å². The van der Waals surface area contributed by atoms with Gasteiger partial charge in [0.2, 0.25) is 0 Å². The first kappa shape index (κ1) is 14.8. The van der Waals surface area contributed by atoms with Crippen molar-refractivity contribution in [3.05, 3.63) is 0 Å². The zero-order valence-electron chi connectivity index (χ0n) is 5.75. The number of hydrogen-bond donors (Lipinski definition) is 1. The second-order valence-corrected chi connectivity index (χ2v) is 21.5. The van der Waals surface area contributed by atoms with E-state index in [1.807, 2.05) is 0 Å². The van der Waals surface area contributed by atoms with Crippen LogP contribution < -0.4 is 11.3 Å². The molecule has 0 aliphatic rings. The van der Waals surface area contributed by atoms with E-state index in [1.54, 1.807) is 0 Å². The summed E-state index contributed by atoms with van der Waals surface area (Å²) in [5.74, 6) is 0. The second kappa shape index (κ2) is 3.69. The summed E-state index contributed by atoms with van der Waals surface area (Å²) < 4.78 is 92.9. The molecule has 11 nitrogen and oxygen atoms in total. The van der Waals surface area contributed by atoms with Crippen molar-refractivity contribution in [3.63, 3.8) is 0 Å². The number of rotatable bonds is 4. The first-order valence-corrected chi connectivity index (χ1v) is 17.9. The van der Waals surface area contributed by atoms with Crippen LogP contribution in [0.3, 0.4) is 0 Å². The molecule has 0 aromatic carbocycles. The van der Waals surface area contributed by atoms with Gasteiger partial charge in [0.1, 0.15) is 0 Å². The Hall–Kier alpha value is 0.825. The van der Waals surface area contributed by atoms with Crippen molar-refractivity contribution in [2.75, 3.05) is 0 Å². The van der Waals surface area contributed by atoms with Gasteiger partial charge in [0, 0.05) is 0 Å². The van der Waals surface area contributed by atoms with Crippen molar-refractivity contribution >= 4 is 0 Å². The minimum absolute atomic E-state index is 2.54. The van der Waals surface area contributed by atoms with Crippen LogP contribution in [0.4, 0.5) is 0 Å². The molecule has 14 heavy (non-hydrogen) atoms. The second-order valence-electron chi connectivity index (χ2n) is 1.65. The molecule has 0 bridgehead atoms. The molecule has 0 heterocycles. The normalized spacial score (nSPS) is 17.3. The summed E-state index contributed by atoms with van der Waals surface area (Å²) in [5.41, 5.74) is 0. The first-order chi connectivity index (χ1) is 5.67. The van der Waals surface area contributed by atoms with E-state index in [0.717, 1.165) is 0 Å². The van der Waals surface area contributed by atoms with Crippen molar-refractivity contribution in [1.82, 2.24) is 0 Å². The van der Waals surface area contributed by atoms with Crippen LogP contribution in [0.15, 0.2) is 0 Å². The van der Waals surface area contributed by atoms with E-state index in [-0.39, 0.29) is 0 Å². The Labute approximate surface area is 85.3 Å². The molecule has 0 rings (SSSR count). The van der Waals surface area contributed by atoms with Crippen molar-refractivity contribution in [1.29, 1.82) is 0 Å². The van der Waals surface area contributed by atoms with E-state index >= 15 is 0 Å². The monoisotopic (exact) mass is 729 g/mol. The summed E-state index contributed by atoms with van der Waals surface area (Å²) in [6.07, 6.45) is 0. The molecular formula is HO11W3-3. The SMILES string of the molecule is [O]=[W](=[O])([OH])[O][W](=[O])(=[O])[O][W](=[O])([O-])([O-])[O-]. The van der Waals surface area contributed by atoms with Crippen molar-refractivity contribution in [3.8, 4) is 0 Å². The van der Waals surface area contributed by atoms with E-state index in [9.17, 15) is 28.3 Å². The van der Waals surface area contributed by atoms with Crippen LogP contribution in [0.5, 0.6) is 0 Å². The van der Waals surface area contributed by atoms with Gasteiger partial charge in [-0.1, -0.05) is 0 Å². The molecule has 0 aliphatic heterocycles. The summed E-state index contributed by atoms with van der Waals surface area (Å²) in [7, 11) is 0. The predicted molar refractivity (Wildman–Crippen MR) is 7.82 cm³/mol. The van der Waals surface area contributed by atoms with Crippen molar-refractivity contribution < 1.29 is 85.9 Å². The molecule has 0 aliphatic carbocycles. The van der Waals surface area contributed by atoms with Crippen molar-refractivity contribution in [2.45, 2.75) is 0 Å². The van der Waals surface area contributed by atoms with Gasteiger partial charge < -0.3 is 0 Å². The number of hydrogen-bond acceptors (Lipinski definition) is 10. The third-order valence-electron chi connectivity index (χ3n) is 0.364. The van der Waals surface area contributed by atoms with E-state index in [4.69, 9.17) is 3.76 Å². The quantitative estimate of drug-likeness (QED) is 0.292. The molecular weight excluding hydrogens is 728 g/mol. The van der Waals surface area contributed by atoms with Crippen LogP contribution in [0.25, 0.3) is 0 Å². The molecule has 88 valence electrons. The summed E-state index contributed by atoms with van der Waals surface area (Å²) >= 11 is -22.7. The summed E-state index contributed by atoms with van der Waals surface area (Å²) in [6.45, 7) is 0. The Morgan fingerprint density at radius 1 is 1.07 bits per heavy atom. The zero-order valence-corrected chi connectivity index (χ0v) is 14.6. The van der Waals surface area contributed by atoms with Crippen LogP contribution >= 0.6 is 0 Å². The molecule has 0 saturated heterocycles. The molecule has 1 N–H and O–H groups in total. The van der Waals surface area contributed by atoms with E-state index in [2.05, 4.69) is 4.09 Å². The van der Waals surface area contributed by atoms with Crippen LogP contribution in [0.1, 0.15) is 0 Å². The first-order valence-electron chi connectivity index (χ1n) is 2.18. The predicted octanol–water partition coefficient (Wildman–Crippen LogP) is -4.86. The van der Waals surface area contributed by atoms with Crippen LogP contribution in [0, 0.1) is 0 Å². The Bertz CT molecular complexity index is 454. The molecule has 0 saturated carbocycles. The van der Waals surface area contributed by atoms with Gasteiger partial charge in [0.25, 0.3) is 0 Å². The Balaban J connectivity index is 5.00. The molecule has 14 heteroatoms. The molecule has 0 spiro atoms. The standard InChI is InChI=1S/H2O.10O.3W/h1H2;;;;;;;;;;;;;/q;;;;;;;;3*-1;;;+1/p-1. The van der Waals surface area contributed by atoms with Gasteiger partial charge in [0.15, 0.2) is 0 Å². The van der Waals surface area contributed by atoms with Crippen LogP contribution in [0.2, 0.25) is 0 Å². The molecule has 0 fully saturated rings. The van der Waals surface area contributed by atoms with Gasteiger partial charge in [-0.15, -0.1) is 0 Å². The fourth-order valence-electron chi connectivity index (χ4n) is 0.253. The molecule has 0 atom stereocenters. The zero-order chi connectivity index (χ0) is 11.9. The average molecular weight is 729 g/mol. The molecule has 0 radical (unpaired) electrons. The maximum absolute atomic E-state index is 10.3. The van der Waals surface area contributed by atoms with Crippen LogP contribution in [-0.4, -0.2) is 3.76 Å². The summed E-state index contributed by atoms with van der Waals surface area (Å²) in [5, 5.41) is 0. The van der Waals surface area contributed by atoms with Crippen LogP contribution in [-0.2, 0) is 70.9 Å². The fourth-order valence-corrected chi connectivity index (χ4v) is 22.4. The van der Waals surface area contributed by atoms with Gasteiger partial charge in [-0.05, 0) is 0 Å². The summed E-state index contributed by atoms with van der Waals surface area (Å²) in [4.78, 5) is 0. The Kier molecular flexibility index (Phi) is 3.91. The van der Waals surface area contributed by atoms with E-state index in [1.165, 1.54) is 0 Å². The molecule has 0 aromatic heterocycles. The van der Waals surface area contributed by atoms with E-state index < -0.39 is 49.8 Å². The average Bonchev–Trinajstić information content (AvgIpc) is 1.40. The van der Waals surface area contributed by atoms with Crippen molar-refractivity contribution in [2.24, 2.45) is 0 Å². The Morgan fingerprint density at radius 3 is 1.64 bits per heavy atom. The minimum atomic E-state index is -8.70. The van der Waals surface area contributed by atoms with Gasteiger partial charge in [-0.2, -0.15) is 0 Å². The van der Waals surface area contributed by atoms with Gasteiger partial charge in [-0.25, -0.2) is 0 Å². The molecule has 0 amide bonds. The molecule has 0 unspecified atom stereocenters. The topological polar surface area (TPSA) is 193 Å². The summed E-state index contributed by atoms with van der Waals surface area (Å²) in [6, 6.07) is 0. The van der Waals surface area contributed by atoms with Gasteiger partial charge >= 0.3 is 85.9 Å². The fraction of sp³-hybridized carbons (Fsp3) is 0. The van der Waals surface area contributed by atoms with Gasteiger partial charge in [0.05, 0.1) is 0 Å². The Morgan fingerprint density at radius 2 is 1.43 bits per heavy atom. The third kappa shape index (κ3) is 9.38. The van der Waals surface area contributed by atoms with E-state index in [0.29, 0.717) is 0 Å².